The number of anilines is 1. The fourth-order valence-corrected chi connectivity index (χ4v) is 2.54. The van der Waals surface area contributed by atoms with Gasteiger partial charge in [0.15, 0.2) is 16.5 Å². The van der Waals surface area contributed by atoms with Crippen molar-refractivity contribution in [1.29, 1.82) is 0 Å². The van der Waals surface area contributed by atoms with Gasteiger partial charge in [-0.1, -0.05) is 0 Å². The molecule has 0 amide bonds. The maximum atomic E-state index is 13.4. The molecule has 0 aliphatic rings. The number of sulfonamides is 1. The Kier molecular flexibility index (Phi) is 3.53. The second-order valence-corrected chi connectivity index (χ2v) is 5.38. The van der Waals surface area contributed by atoms with Gasteiger partial charge in [-0.2, -0.15) is 0 Å². The molecule has 0 saturated carbocycles. The molecule has 9 heteroatoms. The Balaban J connectivity index is 2.50. The number of halogens is 3. The van der Waals surface area contributed by atoms with Crippen molar-refractivity contribution in [2.45, 2.75) is 4.90 Å². The number of nitrogens with one attached hydrogen (secondary N) is 2. The van der Waals surface area contributed by atoms with E-state index in [9.17, 15) is 26.4 Å². The molecule has 0 fully saturated rings. The van der Waals surface area contributed by atoms with Crippen LogP contribution in [0.5, 0.6) is 0 Å². The molecule has 0 radical (unpaired) electrons. The van der Waals surface area contributed by atoms with E-state index < -0.39 is 43.5 Å². The van der Waals surface area contributed by atoms with Gasteiger partial charge in [0, 0.05) is 30.6 Å². The quantitative estimate of drug-likeness (QED) is 0.845. The van der Waals surface area contributed by atoms with Crippen LogP contribution >= 0.6 is 0 Å². The number of aromatic amines is 1. The fraction of sp³-hybridized carbons (Fsp3) is 0. The van der Waals surface area contributed by atoms with Crippen LogP contribution in [0.15, 0.2) is 40.3 Å². The summed E-state index contributed by atoms with van der Waals surface area (Å²) in [5, 5.41) is 0. The van der Waals surface area contributed by atoms with E-state index in [0.29, 0.717) is 6.07 Å². The van der Waals surface area contributed by atoms with Crippen molar-refractivity contribution in [3.8, 4) is 0 Å². The molecule has 0 saturated heterocycles. The molecular formula is C11H7F3N2O3S. The minimum absolute atomic E-state index is 0.266. The van der Waals surface area contributed by atoms with Crippen molar-refractivity contribution < 1.29 is 21.6 Å². The van der Waals surface area contributed by atoms with Gasteiger partial charge in [-0.25, -0.2) is 21.6 Å². The van der Waals surface area contributed by atoms with E-state index >= 15 is 0 Å². The van der Waals surface area contributed by atoms with Crippen LogP contribution in [0.3, 0.4) is 0 Å². The van der Waals surface area contributed by atoms with E-state index in [-0.39, 0.29) is 6.07 Å². The van der Waals surface area contributed by atoms with Crippen LogP contribution in [0.4, 0.5) is 18.9 Å². The zero-order valence-electron chi connectivity index (χ0n) is 9.65. The number of rotatable bonds is 3. The molecule has 0 spiro atoms. The Morgan fingerprint density at radius 1 is 1.15 bits per heavy atom. The van der Waals surface area contributed by atoms with Gasteiger partial charge in [0.05, 0.1) is 5.69 Å². The fourth-order valence-electron chi connectivity index (χ4n) is 1.44. The Hall–Kier alpha value is -2.29. The topological polar surface area (TPSA) is 79.0 Å². The van der Waals surface area contributed by atoms with Gasteiger partial charge in [-0.15, -0.1) is 0 Å². The van der Waals surface area contributed by atoms with Crippen molar-refractivity contribution in [2.75, 3.05) is 4.72 Å². The molecule has 106 valence electrons. The summed E-state index contributed by atoms with van der Waals surface area (Å²) in [5.74, 6) is -4.28. The van der Waals surface area contributed by atoms with Gasteiger partial charge in [-0.3, -0.25) is 9.52 Å². The average Bonchev–Trinajstić information content (AvgIpc) is 2.35. The van der Waals surface area contributed by atoms with E-state index in [2.05, 4.69) is 4.98 Å². The van der Waals surface area contributed by atoms with E-state index in [1.807, 2.05) is 0 Å². The lowest BCUT2D eigenvalue weighted by Crippen LogP contribution is -2.21. The molecular weight excluding hydrogens is 297 g/mol. The first kappa shape index (κ1) is 14.1. The highest BCUT2D eigenvalue weighted by molar-refractivity contribution is 7.92. The minimum atomic E-state index is -4.47. The van der Waals surface area contributed by atoms with Gasteiger partial charge in [0.25, 0.3) is 10.0 Å². The van der Waals surface area contributed by atoms with E-state index in [0.717, 1.165) is 12.3 Å². The van der Waals surface area contributed by atoms with Crippen LogP contribution in [-0.4, -0.2) is 13.4 Å². The zero-order chi connectivity index (χ0) is 14.9. The van der Waals surface area contributed by atoms with Gasteiger partial charge >= 0.3 is 0 Å². The molecule has 1 heterocycles. The molecule has 2 rings (SSSR count). The predicted molar refractivity (Wildman–Crippen MR) is 64.2 cm³/mol. The lowest BCUT2D eigenvalue weighted by atomic mass is 10.3. The second kappa shape index (κ2) is 5.00. The van der Waals surface area contributed by atoms with Crippen LogP contribution in [-0.2, 0) is 10.0 Å². The summed E-state index contributed by atoms with van der Waals surface area (Å²) in [7, 11) is -4.47. The molecule has 0 atom stereocenters. The first-order chi connectivity index (χ1) is 9.31. The highest BCUT2D eigenvalue weighted by atomic mass is 32.2. The highest BCUT2D eigenvalue weighted by Crippen LogP contribution is 2.21. The summed E-state index contributed by atoms with van der Waals surface area (Å²) in [5.41, 5.74) is -1.78. The van der Waals surface area contributed by atoms with Crippen LogP contribution in [0.1, 0.15) is 0 Å². The van der Waals surface area contributed by atoms with Crippen LogP contribution < -0.4 is 10.2 Å². The van der Waals surface area contributed by atoms with Gasteiger partial charge in [-0.05, 0) is 0 Å². The smallest absolute Gasteiger partial charge is 0.267 e. The number of hydrogen-bond donors (Lipinski definition) is 2. The van der Waals surface area contributed by atoms with Gasteiger partial charge in [0.2, 0.25) is 5.43 Å². The first-order valence-corrected chi connectivity index (χ1v) is 6.64. The molecule has 0 aliphatic heterocycles. The number of H-pyrrole nitrogens is 1. The number of pyridine rings is 1. The van der Waals surface area contributed by atoms with Crippen molar-refractivity contribution >= 4 is 15.7 Å². The second-order valence-electron chi connectivity index (χ2n) is 3.73. The van der Waals surface area contributed by atoms with Gasteiger partial charge in [0.1, 0.15) is 5.82 Å². The largest absolute Gasteiger partial charge is 0.366 e. The lowest BCUT2D eigenvalue weighted by Gasteiger charge is -2.08. The molecule has 2 N–H and O–H groups in total. The normalized spacial score (nSPS) is 11.3. The molecule has 20 heavy (non-hydrogen) atoms. The average molecular weight is 304 g/mol. The Morgan fingerprint density at radius 3 is 2.50 bits per heavy atom. The number of aromatic nitrogens is 1. The molecule has 0 unspecified atom stereocenters. The van der Waals surface area contributed by atoms with Crippen LogP contribution in [0, 0.1) is 17.5 Å². The number of hydrogen-bond acceptors (Lipinski definition) is 3. The molecule has 0 bridgehead atoms. The van der Waals surface area contributed by atoms with Crippen LogP contribution in [0.25, 0.3) is 0 Å². The van der Waals surface area contributed by atoms with Crippen molar-refractivity contribution in [3.05, 3.63) is 58.3 Å². The maximum absolute atomic E-state index is 13.4. The van der Waals surface area contributed by atoms with E-state index in [4.69, 9.17) is 0 Å². The summed E-state index contributed by atoms with van der Waals surface area (Å²) >= 11 is 0. The van der Waals surface area contributed by atoms with Crippen molar-refractivity contribution in [3.63, 3.8) is 0 Å². The SMILES string of the molecule is O=c1cc[nH]cc1S(=O)(=O)Nc1cc(F)cc(F)c1F. The highest BCUT2D eigenvalue weighted by Gasteiger charge is 2.21. The summed E-state index contributed by atoms with van der Waals surface area (Å²) in [4.78, 5) is 13.1. The summed E-state index contributed by atoms with van der Waals surface area (Å²) in [6.45, 7) is 0. The third-order valence-electron chi connectivity index (χ3n) is 2.32. The monoisotopic (exact) mass is 304 g/mol. The molecule has 0 aliphatic carbocycles. The van der Waals surface area contributed by atoms with Crippen molar-refractivity contribution in [1.82, 2.24) is 4.98 Å². The predicted octanol–water partition coefficient (Wildman–Crippen LogP) is 1.59. The third-order valence-corrected chi connectivity index (χ3v) is 3.70. The maximum Gasteiger partial charge on any atom is 0.267 e. The van der Waals surface area contributed by atoms with Crippen LogP contribution in [0.2, 0.25) is 0 Å². The molecule has 1 aromatic heterocycles. The Bertz CT molecular complexity index is 818. The van der Waals surface area contributed by atoms with Crippen molar-refractivity contribution in [2.24, 2.45) is 0 Å². The van der Waals surface area contributed by atoms with Gasteiger partial charge < -0.3 is 4.98 Å². The molecule has 2 aromatic rings. The van der Waals surface area contributed by atoms with E-state index in [1.165, 1.54) is 6.20 Å². The summed E-state index contributed by atoms with van der Waals surface area (Å²) in [6.07, 6.45) is 2.07. The minimum Gasteiger partial charge on any atom is -0.366 e. The number of benzene rings is 1. The first-order valence-electron chi connectivity index (χ1n) is 5.16. The summed E-state index contributed by atoms with van der Waals surface area (Å²) < 4.78 is 64.6. The standard InChI is InChI=1S/C11H7F3N2O3S/c12-6-3-7(13)11(14)8(4-6)16-20(18,19)10-5-15-2-1-9(10)17/h1-5,16H,(H,15,17). The summed E-state index contributed by atoms with van der Waals surface area (Å²) in [6, 6.07) is 1.67. The molecule has 5 nitrogen and oxygen atoms in total. The third kappa shape index (κ3) is 2.67. The zero-order valence-corrected chi connectivity index (χ0v) is 10.5. The Labute approximate surface area is 111 Å². The van der Waals surface area contributed by atoms with E-state index in [1.54, 1.807) is 4.72 Å². The molecule has 1 aromatic carbocycles. The Morgan fingerprint density at radius 2 is 1.85 bits per heavy atom. The lowest BCUT2D eigenvalue weighted by molar-refractivity contribution is 0.498.